The topological polar surface area (TPSA) is 58.5 Å². The molecule has 170 valence electrons. The van der Waals surface area contributed by atoms with E-state index in [2.05, 4.69) is 84.4 Å². The van der Waals surface area contributed by atoms with Crippen molar-refractivity contribution in [1.29, 1.82) is 0 Å². The molecule has 1 N–H and O–H groups in total. The van der Waals surface area contributed by atoms with E-state index in [0.717, 1.165) is 29.7 Å². The van der Waals surface area contributed by atoms with Crippen molar-refractivity contribution < 1.29 is 8.42 Å². The highest BCUT2D eigenvalue weighted by molar-refractivity contribution is 7.89. The third-order valence-corrected chi connectivity index (χ3v) is 7.76. The standard InChI is InChI=1S/C25H42N2O2S/c1-15(2)20-13-22(17(5)6)25(23(14-20)18(7)8)30(28,29)27-26-24-12-19(9)10-11-21(24)16(3)4/h13-19,21,27H,10-12H2,1-9H3/b26-24+/t19-,21+/m1/s1. The molecule has 0 spiro atoms. The second kappa shape index (κ2) is 9.84. The second-order valence-corrected chi connectivity index (χ2v) is 12.0. The third kappa shape index (κ3) is 5.66. The molecule has 0 radical (unpaired) electrons. The fourth-order valence-corrected chi connectivity index (χ4v) is 5.99. The molecule has 5 heteroatoms. The van der Waals surface area contributed by atoms with Crippen molar-refractivity contribution in [2.45, 2.75) is 104 Å². The minimum absolute atomic E-state index is 0.110. The van der Waals surface area contributed by atoms with E-state index in [1.54, 1.807) is 0 Å². The van der Waals surface area contributed by atoms with Crippen LogP contribution in [0.2, 0.25) is 0 Å². The molecule has 0 aromatic heterocycles. The normalized spacial score (nSPS) is 22.0. The number of nitrogens with zero attached hydrogens (tertiary/aromatic N) is 1. The lowest BCUT2D eigenvalue weighted by Gasteiger charge is -2.31. The van der Waals surface area contributed by atoms with E-state index in [1.165, 1.54) is 12.0 Å². The minimum Gasteiger partial charge on any atom is -0.200 e. The van der Waals surface area contributed by atoms with Crippen molar-refractivity contribution >= 4 is 15.7 Å². The van der Waals surface area contributed by atoms with E-state index < -0.39 is 10.0 Å². The first-order valence-corrected chi connectivity index (χ1v) is 13.1. The van der Waals surface area contributed by atoms with Crippen LogP contribution in [0.3, 0.4) is 0 Å². The first-order chi connectivity index (χ1) is 13.8. The lowest BCUT2D eigenvalue weighted by atomic mass is 9.76. The summed E-state index contributed by atoms with van der Waals surface area (Å²) in [5.74, 6) is 1.92. The maximum Gasteiger partial charge on any atom is 0.277 e. The Morgan fingerprint density at radius 1 is 0.900 bits per heavy atom. The molecule has 0 unspecified atom stereocenters. The van der Waals surface area contributed by atoms with Gasteiger partial charge < -0.3 is 0 Å². The van der Waals surface area contributed by atoms with Gasteiger partial charge in [0.15, 0.2) is 0 Å². The zero-order chi connectivity index (χ0) is 22.8. The number of benzene rings is 1. The molecule has 0 saturated heterocycles. The van der Waals surface area contributed by atoms with Crippen molar-refractivity contribution in [2.24, 2.45) is 22.9 Å². The van der Waals surface area contributed by atoms with E-state index >= 15 is 0 Å². The lowest BCUT2D eigenvalue weighted by Crippen LogP contribution is -2.31. The maximum absolute atomic E-state index is 13.5. The van der Waals surface area contributed by atoms with E-state index in [0.29, 0.717) is 28.6 Å². The first kappa shape index (κ1) is 24.9. The molecule has 1 aromatic carbocycles. The average Bonchev–Trinajstić information content (AvgIpc) is 2.64. The number of hydrazone groups is 1. The summed E-state index contributed by atoms with van der Waals surface area (Å²) in [6.07, 6.45) is 3.13. The quantitative estimate of drug-likeness (QED) is 0.481. The van der Waals surface area contributed by atoms with Crippen LogP contribution < -0.4 is 4.83 Å². The predicted molar refractivity (Wildman–Crippen MR) is 128 cm³/mol. The summed E-state index contributed by atoms with van der Waals surface area (Å²) in [6.45, 7) is 19.2. The summed E-state index contributed by atoms with van der Waals surface area (Å²) >= 11 is 0. The maximum atomic E-state index is 13.5. The molecule has 4 nitrogen and oxygen atoms in total. The van der Waals surface area contributed by atoms with Crippen LogP contribution in [0, 0.1) is 17.8 Å². The van der Waals surface area contributed by atoms with E-state index in [9.17, 15) is 8.42 Å². The van der Waals surface area contributed by atoms with Crippen LogP contribution in [0.5, 0.6) is 0 Å². The van der Waals surface area contributed by atoms with Gasteiger partial charge in [0.1, 0.15) is 0 Å². The van der Waals surface area contributed by atoms with Crippen molar-refractivity contribution in [3.63, 3.8) is 0 Å². The monoisotopic (exact) mass is 434 g/mol. The van der Waals surface area contributed by atoms with Crippen LogP contribution >= 0.6 is 0 Å². The molecule has 0 heterocycles. The highest BCUT2D eigenvalue weighted by Crippen LogP contribution is 2.35. The molecule has 1 aromatic rings. The van der Waals surface area contributed by atoms with Crippen molar-refractivity contribution in [2.75, 3.05) is 0 Å². The van der Waals surface area contributed by atoms with Crippen LogP contribution in [0.25, 0.3) is 0 Å². The molecule has 2 rings (SSSR count). The summed E-state index contributed by atoms with van der Waals surface area (Å²) in [6, 6.07) is 4.14. The Bertz CT molecular complexity index is 838. The van der Waals surface area contributed by atoms with Crippen LogP contribution in [-0.4, -0.2) is 14.1 Å². The summed E-state index contributed by atoms with van der Waals surface area (Å²) in [5.41, 5.74) is 3.96. The Morgan fingerprint density at radius 3 is 1.87 bits per heavy atom. The first-order valence-electron chi connectivity index (χ1n) is 11.6. The Hall–Kier alpha value is -1.36. The molecular weight excluding hydrogens is 392 g/mol. The van der Waals surface area contributed by atoms with Crippen LogP contribution in [-0.2, 0) is 10.0 Å². The predicted octanol–water partition coefficient (Wildman–Crippen LogP) is 6.78. The molecule has 30 heavy (non-hydrogen) atoms. The van der Waals surface area contributed by atoms with Gasteiger partial charge in [0.25, 0.3) is 10.0 Å². The molecular formula is C25H42N2O2S. The smallest absolute Gasteiger partial charge is 0.200 e. The van der Waals surface area contributed by atoms with Gasteiger partial charge in [-0.05, 0) is 65.5 Å². The van der Waals surface area contributed by atoms with Gasteiger partial charge in [-0.15, -0.1) is 0 Å². The van der Waals surface area contributed by atoms with Crippen LogP contribution in [0.1, 0.15) is 116 Å². The number of nitrogens with one attached hydrogen (secondary N) is 1. The molecule has 1 saturated carbocycles. The largest absolute Gasteiger partial charge is 0.277 e. The van der Waals surface area contributed by atoms with Gasteiger partial charge in [0.05, 0.1) is 4.90 Å². The van der Waals surface area contributed by atoms with Crippen molar-refractivity contribution in [1.82, 2.24) is 4.83 Å². The van der Waals surface area contributed by atoms with Crippen LogP contribution in [0.4, 0.5) is 0 Å². The lowest BCUT2D eigenvalue weighted by molar-refractivity contribution is 0.363. The summed E-state index contributed by atoms with van der Waals surface area (Å²) in [4.78, 5) is 3.07. The van der Waals surface area contributed by atoms with Crippen LogP contribution in [0.15, 0.2) is 22.1 Å². The zero-order valence-electron chi connectivity index (χ0n) is 20.4. The second-order valence-electron chi connectivity index (χ2n) is 10.4. The SMILES string of the molecule is CC(C)c1cc(C(C)C)c(S(=O)(=O)N/N=C2\C[C@H](C)CC[C@H]2C(C)C)c(C(C)C)c1. The molecule has 2 atom stereocenters. The van der Waals surface area contributed by atoms with E-state index in [-0.39, 0.29) is 11.8 Å². The Labute approximate surface area is 185 Å². The molecule has 1 aliphatic carbocycles. The fourth-order valence-electron chi connectivity index (χ4n) is 4.45. The number of hydrogen-bond donors (Lipinski definition) is 1. The highest BCUT2D eigenvalue weighted by atomic mass is 32.2. The van der Waals surface area contributed by atoms with Gasteiger partial charge in [0, 0.05) is 11.6 Å². The van der Waals surface area contributed by atoms with E-state index in [4.69, 9.17) is 0 Å². The summed E-state index contributed by atoms with van der Waals surface area (Å²) in [7, 11) is -3.76. The minimum atomic E-state index is -3.76. The third-order valence-electron chi connectivity index (χ3n) is 6.42. The molecule has 0 bridgehead atoms. The molecule has 0 aliphatic heterocycles. The van der Waals surface area contributed by atoms with Gasteiger partial charge in [-0.1, -0.05) is 74.4 Å². The Kier molecular flexibility index (Phi) is 8.17. The number of sulfonamides is 1. The van der Waals surface area contributed by atoms with Gasteiger partial charge >= 0.3 is 0 Å². The van der Waals surface area contributed by atoms with Gasteiger partial charge in [0.2, 0.25) is 0 Å². The van der Waals surface area contributed by atoms with Gasteiger partial charge in [-0.3, -0.25) is 0 Å². The fraction of sp³-hybridized carbons (Fsp3) is 0.720. The van der Waals surface area contributed by atoms with Crippen molar-refractivity contribution in [3.05, 3.63) is 28.8 Å². The molecule has 1 aliphatic rings. The average molecular weight is 435 g/mol. The Balaban J connectivity index is 2.55. The summed E-state index contributed by atoms with van der Waals surface area (Å²) < 4.78 is 27.1. The zero-order valence-corrected chi connectivity index (χ0v) is 21.2. The van der Waals surface area contributed by atoms with Crippen molar-refractivity contribution in [3.8, 4) is 0 Å². The molecule has 0 amide bonds. The van der Waals surface area contributed by atoms with Gasteiger partial charge in [-0.2, -0.15) is 13.5 Å². The Morgan fingerprint density at radius 2 is 1.43 bits per heavy atom. The summed E-state index contributed by atoms with van der Waals surface area (Å²) in [5, 5.41) is 4.52. The number of rotatable bonds is 7. The molecule has 1 fully saturated rings. The highest BCUT2D eigenvalue weighted by Gasteiger charge is 2.30. The van der Waals surface area contributed by atoms with E-state index in [1.807, 2.05) is 0 Å². The number of hydrogen-bond acceptors (Lipinski definition) is 3. The van der Waals surface area contributed by atoms with Gasteiger partial charge in [-0.25, -0.2) is 4.83 Å².